The summed E-state index contributed by atoms with van der Waals surface area (Å²) >= 11 is 0. The highest BCUT2D eigenvalue weighted by Gasteiger charge is 2.19. The molecule has 476 valence electrons. The van der Waals surface area contributed by atoms with Crippen LogP contribution in [0.25, 0.3) is 0 Å². The Labute approximate surface area is 514 Å². The highest BCUT2D eigenvalue weighted by atomic mass is 16.6. The molecule has 1 atom stereocenters. The molecule has 0 saturated carbocycles. The fraction of sp³-hybridized carbons (Fsp3) is 0.727. The largest absolute Gasteiger partial charge is 0.462 e. The maximum Gasteiger partial charge on any atom is 0.306 e. The number of carbonyl (C=O) groups excluding carboxylic acids is 3. The van der Waals surface area contributed by atoms with Gasteiger partial charge in [-0.25, -0.2) is 0 Å². The van der Waals surface area contributed by atoms with Gasteiger partial charge in [0.15, 0.2) is 6.10 Å². The highest BCUT2D eigenvalue weighted by molar-refractivity contribution is 5.71. The first-order valence-corrected chi connectivity index (χ1v) is 35.4. The van der Waals surface area contributed by atoms with Crippen LogP contribution in [0.15, 0.2) is 109 Å². The minimum atomic E-state index is -0.796. The van der Waals surface area contributed by atoms with Gasteiger partial charge in [-0.3, -0.25) is 14.4 Å². The zero-order valence-corrected chi connectivity index (χ0v) is 54.7. The lowest BCUT2D eigenvalue weighted by Crippen LogP contribution is -2.30. The van der Waals surface area contributed by atoms with Crippen molar-refractivity contribution in [3.8, 4) is 0 Å². The number of rotatable bonds is 64. The van der Waals surface area contributed by atoms with Gasteiger partial charge in [-0.15, -0.1) is 0 Å². The van der Waals surface area contributed by atoms with E-state index in [1.807, 2.05) is 0 Å². The van der Waals surface area contributed by atoms with E-state index in [1.165, 1.54) is 180 Å². The van der Waals surface area contributed by atoms with Crippen molar-refractivity contribution >= 4 is 17.9 Å². The van der Waals surface area contributed by atoms with E-state index in [1.54, 1.807) is 0 Å². The van der Waals surface area contributed by atoms with Crippen LogP contribution in [-0.4, -0.2) is 37.2 Å². The van der Waals surface area contributed by atoms with Gasteiger partial charge in [-0.1, -0.05) is 323 Å². The maximum absolute atomic E-state index is 13.0. The molecule has 0 fully saturated rings. The first kappa shape index (κ1) is 79.1. The second-order valence-corrected chi connectivity index (χ2v) is 23.4. The fourth-order valence-corrected chi connectivity index (χ4v) is 9.99. The van der Waals surface area contributed by atoms with E-state index < -0.39 is 6.10 Å². The second kappa shape index (κ2) is 70.6. The Hall–Kier alpha value is -3.93. The number of esters is 3. The summed E-state index contributed by atoms with van der Waals surface area (Å²) in [5.74, 6) is -0.902. The Bertz CT molecular complexity index is 1660. The summed E-state index contributed by atoms with van der Waals surface area (Å²) in [5.41, 5.74) is 0. The van der Waals surface area contributed by atoms with Crippen LogP contribution in [-0.2, 0) is 28.6 Å². The molecule has 0 aliphatic heterocycles. The Kier molecular flexibility index (Phi) is 67.2. The molecule has 0 N–H and O–H groups in total. The van der Waals surface area contributed by atoms with Crippen molar-refractivity contribution in [3.63, 3.8) is 0 Å². The van der Waals surface area contributed by atoms with Gasteiger partial charge in [0.25, 0.3) is 0 Å². The van der Waals surface area contributed by atoms with Gasteiger partial charge in [0, 0.05) is 19.3 Å². The first-order valence-electron chi connectivity index (χ1n) is 35.4. The molecule has 0 aromatic carbocycles. The van der Waals surface area contributed by atoms with E-state index in [2.05, 4.69) is 130 Å². The van der Waals surface area contributed by atoms with Crippen LogP contribution >= 0.6 is 0 Å². The average Bonchev–Trinajstić information content (AvgIpc) is 3.49. The van der Waals surface area contributed by atoms with Crippen molar-refractivity contribution in [1.29, 1.82) is 0 Å². The summed E-state index contributed by atoms with van der Waals surface area (Å²) in [4.78, 5) is 38.5. The molecule has 1 unspecified atom stereocenters. The molecule has 6 nitrogen and oxygen atoms in total. The number of ether oxygens (including phenoxy) is 3. The van der Waals surface area contributed by atoms with E-state index in [-0.39, 0.29) is 31.1 Å². The molecular formula is C77H132O6. The van der Waals surface area contributed by atoms with Crippen molar-refractivity contribution in [2.75, 3.05) is 13.2 Å². The molecule has 0 aromatic heterocycles. The van der Waals surface area contributed by atoms with E-state index in [0.29, 0.717) is 19.3 Å². The highest BCUT2D eigenvalue weighted by Crippen LogP contribution is 2.17. The summed E-state index contributed by atoms with van der Waals surface area (Å²) < 4.78 is 17.0. The Morgan fingerprint density at radius 3 is 0.735 bits per heavy atom. The minimum absolute atomic E-state index is 0.0878. The van der Waals surface area contributed by atoms with Crippen LogP contribution in [0.3, 0.4) is 0 Å². The first-order chi connectivity index (χ1) is 41.0. The predicted octanol–water partition coefficient (Wildman–Crippen LogP) is 24.6. The third kappa shape index (κ3) is 68.7. The van der Waals surface area contributed by atoms with Gasteiger partial charge < -0.3 is 14.2 Å². The second-order valence-electron chi connectivity index (χ2n) is 23.4. The molecule has 0 heterocycles. The van der Waals surface area contributed by atoms with Crippen LogP contribution in [0.1, 0.15) is 342 Å². The lowest BCUT2D eigenvalue weighted by atomic mass is 10.0. The summed E-state index contributed by atoms with van der Waals surface area (Å²) in [6, 6.07) is 0. The number of hydrogen-bond donors (Lipinski definition) is 0. The van der Waals surface area contributed by atoms with E-state index in [9.17, 15) is 14.4 Å². The van der Waals surface area contributed by atoms with Crippen LogP contribution in [0.5, 0.6) is 0 Å². The van der Waals surface area contributed by atoms with Crippen LogP contribution in [0, 0.1) is 0 Å². The van der Waals surface area contributed by atoms with Gasteiger partial charge in [-0.2, -0.15) is 0 Å². The SMILES string of the molecule is CC/C=C\C/C=C\C/C=C\C/C=C\C/C=C\C/C=C\CCCCCCC(=O)OC(COC(=O)CCCCCCCCCCCC/C=C\C/C=C\C/C=C\CCCCCCC)COC(=O)CCCCCCCCCCCCCCCCCCC. The third-order valence-corrected chi connectivity index (χ3v) is 15.3. The normalized spacial score (nSPS) is 12.8. The Morgan fingerprint density at radius 1 is 0.253 bits per heavy atom. The topological polar surface area (TPSA) is 78.9 Å². The number of allylic oxidation sites excluding steroid dienone is 18. The zero-order valence-electron chi connectivity index (χ0n) is 54.7. The molecule has 6 heteroatoms. The molecule has 0 rings (SSSR count). The molecular weight excluding hydrogens is 1020 g/mol. The minimum Gasteiger partial charge on any atom is -0.462 e. The van der Waals surface area contributed by atoms with Crippen molar-refractivity contribution in [1.82, 2.24) is 0 Å². The molecule has 0 aromatic rings. The lowest BCUT2D eigenvalue weighted by Gasteiger charge is -2.18. The summed E-state index contributed by atoms with van der Waals surface area (Å²) in [5, 5.41) is 0. The molecule has 0 radical (unpaired) electrons. The zero-order chi connectivity index (χ0) is 59.9. The van der Waals surface area contributed by atoms with Gasteiger partial charge >= 0.3 is 17.9 Å². The molecule has 0 aliphatic rings. The number of unbranched alkanes of at least 4 members (excludes halogenated alkanes) is 35. The van der Waals surface area contributed by atoms with E-state index >= 15 is 0 Å². The lowest BCUT2D eigenvalue weighted by molar-refractivity contribution is -0.167. The van der Waals surface area contributed by atoms with Crippen molar-refractivity contribution in [2.45, 2.75) is 348 Å². The molecule has 0 bridgehead atoms. The quantitative estimate of drug-likeness (QED) is 0.0261. The summed E-state index contributed by atoms with van der Waals surface area (Å²) in [7, 11) is 0. The van der Waals surface area contributed by atoms with Gasteiger partial charge in [-0.05, 0) is 109 Å². The summed E-state index contributed by atoms with van der Waals surface area (Å²) in [6.45, 7) is 6.53. The summed E-state index contributed by atoms with van der Waals surface area (Å²) in [6.07, 6.45) is 96.7. The van der Waals surface area contributed by atoms with E-state index in [0.717, 1.165) is 122 Å². The average molecular weight is 1150 g/mol. The molecule has 0 amide bonds. The Balaban J connectivity index is 4.42. The molecule has 83 heavy (non-hydrogen) atoms. The van der Waals surface area contributed by atoms with Crippen LogP contribution in [0.2, 0.25) is 0 Å². The monoisotopic (exact) mass is 1150 g/mol. The predicted molar refractivity (Wildman–Crippen MR) is 362 cm³/mol. The van der Waals surface area contributed by atoms with Gasteiger partial charge in [0.2, 0.25) is 0 Å². The molecule has 0 aliphatic carbocycles. The number of hydrogen-bond acceptors (Lipinski definition) is 6. The fourth-order valence-electron chi connectivity index (χ4n) is 9.99. The maximum atomic E-state index is 13.0. The van der Waals surface area contributed by atoms with E-state index in [4.69, 9.17) is 14.2 Å². The van der Waals surface area contributed by atoms with Crippen molar-refractivity contribution < 1.29 is 28.6 Å². The van der Waals surface area contributed by atoms with Gasteiger partial charge in [0.1, 0.15) is 13.2 Å². The van der Waals surface area contributed by atoms with Crippen LogP contribution in [0.4, 0.5) is 0 Å². The third-order valence-electron chi connectivity index (χ3n) is 15.3. The standard InChI is InChI=1S/C77H132O6/c1-4-7-10-13-16-19-22-25-28-31-33-35-37-38-40-41-43-46-49-52-55-58-61-64-67-70-76(79)82-73-74(72-81-75(78)69-66-63-60-57-54-51-48-45-30-27-24-21-18-15-12-9-6-3)83-77(80)71-68-65-62-59-56-53-50-47-44-42-39-36-34-32-29-26-23-20-17-14-11-8-5-2/h8,11,17,20,22,25-26,29,31,33-34,36-38,42,44,50,53,74H,4-7,9-10,12-16,18-19,21,23-24,27-28,30,32,35,39-41,43,45-49,51-52,54-73H2,1-3H3/b11-8-,20-17-,25-22-,29-26-,33-31-,36-34-,38-37-,44-42-,53-50-. The van der Waals surface area contributed by atoms with Crippen LogP contribution < -0.4 is 0 Å². The van der Waals surface area contributed by atoms with Crippen molar-refractivity contribution in [3.05, 3.63) is 109 Å². The Morgan fingerprint density at radius 2 is 0.470 bits per heavy atom. The molecule has 0 spiro atoms. The smallest absolute Gasteiger partial charge is 0.306 e. The van der Waals surface area contributed by atoms with Gasteiger partial charge in [0.05, 0.1) is 0 Å². The number of carbonyl (C=O) groups is 3. The van der Waals surface area contributed by atoms with Crippen molar-refractivity contribution in [2.24, 2.45) is 0 Å². The molecule has 0 saturated heterocycles.